The van der Waals surface area contributed by atoms with Crippen molar-refractivity contribution in [2.75, 3.05) is 0 Å². The molecule has 92 valence electrons. The topological polar surface area (TPSA) is 35.5 Å². The second-order valence-corrected chi connectivity index (χ2v) is 6.39. The lowest BCUT2D eigenvalue weighted by molar-refractivity contribution is 0.152. The van der Waals surface area contributed by atoms with Gasteiger partial charge in [-0.2, -0.15) is 0 Å². The molecule has 0 aliphatic carbocycles. The summed E-state index contributed by atoms with van der Waals surface area (Å²) in [5.41, 5.74) is 0. The van der Waals surface area contributed by atoms with Crippen LogP contribution in [-0.2, 0) is 0 Å². The Morgan fingerprint density at radius 2 is 1.06 bits per heavy atom. The molecule has 0 amide bonds. The second kappa shape index (κ2) is 5.66. The van der Waals surface area contributed by atoms with Crippen LogP contribution in [0.3, 0.4) is 0 Å². The van der Waals surface area contributed by atoms with E-state index in [1.807, 2.05) is 24.3 Å². The number of benzene rings is 2. The molecule has 0 bridgehead atoms. The van der Waals surface area contributed by atoms with Gasteiger partial charge in [0.25, 0.3) is 0 Å². The van der Waals surface area contributed by atoms with Crippen molar-refractivity contribution >= 4 is 37.0 Å². The quantitative estimate of drug-likeness (QED) is 0.410. The van der Waals surface area contributed by atoms with E-state index in [4.69, 9.17) is 9.47 Å². The fourth-order valence-electron chi connectivity index (χ4n) is 1.43. The summed E-state index contributed by atoms with van der Waals surface area (Å²) in [4.78, 5) is 11.5. The average molecular weight is 274 g/mol. The average Bonchev–Trinajstić information content (AvgIpc) is 2.35. The van der Waals surface area contributed by atoms with Gasteiger partial charge in [0.05, 0.1) is 0 Å². The monoisotopic (exact) mass is 274 g/mol. The molecule has 2 rings (SSSR count). The zero-order valence-corrected chi connectivity index (χ0v) is 14.3. The van der Waals surface area contributed by atoms with E-state index in [0.29, 0.717) is 11.5 Å². The Hall–Kier alpha value is -1.86. The highest BCUT2D eigenvalue weighted by Crippen LogP contribution is 2.11. The van der Waals surface area contributed by atoms with Crippen LogP contribution in [0.25, 0.3) is 0 Å². The van der Waals surface area contributed by atoms with E-state index in [1.165, 1.54) is 10.4 Å². The smallest absolute Gasteiger partial charge is 0.395 e. The summed E-state index contributed by atoms with van der Waals surface area (Å²) >= 11 is 0. The van der Waals surface area contributed by atoms with Crippen molar-refractivity contribution in [1.29, 1.82) is 0 Å². The fraction of sp³-hybridized carbons (Fsp3) is 0. The molecule has 0 N–H and O–H groups in total. The molecule has 0 heterocycles. The Labute approximate surface area is 112 Å². The van der Waals surface area contributed by atoms with Gasteiger partial charge in [-0.25, -0.2) is 4.79 Å². The first-order valence-corrected chi connectivity index (χ1v) is 7.66. The highest BCUT2D eigenvalue weighted by molar-refractivity contribution is 6.32. The van der Waals surface area contributed by atoms with Gasteiger partial charge in [-0.05, 0) is 24.3 Å². The van der Waals surface area contributed by atoms with Crippen molar-refractivity contribution in [3.63, 3.8) is 0 Å². The van der Waals surface area contributed by atoms with Crippen molar-refractivity contribution < 1.29 is 14.3 Å². The van der Waals surface area contributed by atoms with E-state index >= 15 is 0 Å². The molecule has 3 nitrogen and oxygen atoms in total. The van der Waals surface area contributed by atoms with E-state index in [0.717, 1.165) is 20.5 Å². The largest absolute Gasteiger partial charge is 0.519 e. The van der Waals surface area contributed by atoms with Crippen molar-refractivity contribution in [3.8, 4) is 11.5 Å². The Bertz CT molecular complexity index is 486. The molecule has 0 unspecified atom stereocenters. The highest BCUT2D eigenvalue weighted by atomic mass is 28.1. The van der Waals surface area contributed by atoms with Crippen LogP contribution in [0.15, 0.2) is 48.5 Å². The summed E-state index contributed by atoms with van der Waals surface area (Å²) in [7, 11) is 1.96. The summed E-state index contributed by atoms with van der Waals surface area (Å²) in [6.45, 7) is 0. The lowest BCUT2D eigenvalue weighted by Gasteiger charge is -2.05. The minimum Gasteiger partial charge on any atom is -0.395 e. The maximum atomic E-state index is 11.5. The van der Waals surface area contributed by atoms with Crippen molar-refractivity contribution in [1.82, 2.24) is 0 Å². The molecule has 0 aromatic heterocycles. The van der Waals surface area contributed by atoms with E-state index in [1.54, 1.807) is 24.3 Å². The summed E-state index contributed by atoms with van der Waals surface area (Å²) in [6.07, 6.45) is -0.711. The van der Waals surface area contributed by atoms with Crippen LogP contribution in [0.5, 0.6) is 11.5 Å². The van der Waals surface area contributed by atoms with Crippen LogP contribution >= 0.6 is 0 Å². The summed E-state index contributed by atoms with van der Waals surface area (Å²) in [5, 5.41) is 2.50. The number of rotatable bonds is 2. The molecular weight excluding hydrogens is 260 g/mol. The molecule has 18 heavy (non-hydrogen) atoms. The molecule has 0 atom stereocenters. The zero-order chi connectivity index (χ0) is 13.0. The van der Waals surface area contributed by atoms with Crippen molar-refractivity contribution in [3.05, 3.63) is 48.5 Å². The zero-order valence-electron chi connectivity index (χ0n) is 10.3. The molecule has 0 saturated heterocycles. The predicted octanol–water partition coefficient (Wildman–Crippen LogP) is -0.754. The van der Waals surface area contributed by atoms with Gasteiger partial charge in [0.2, 0.25) is 0 Å². The van der Waals surface area contributed by atoms with E-state index < -0.39 is 6.16 Å². The predicted molar refractivity (Wildman–Crippen MR) is 78.7 cm³/mol. The molecule has 0 spiro atoms. The molecule has 0 radical (unpaired) electrons. The van der Waals surface area contributed by atoms with Crippen molar-refractivity contribution in [2.24, 2.45) is 0 Å². The first-order chi connectivity index (χ1) is 8.63. The highest BCUT2D eigenvalue weighted by Gasteiger charge is 2.07. The van der Waals surface area contributed by atoms with Gasteiger partial charge in [-0.1, -0.05) is 34.6 Å². The maximum absolute atomic E-state index is 11.5. The number of carbonyl (C=O) groups excluding carboxylic acids is 1. The number of hydrogen-bond donors (Lipinski definition) is 0. The second-order valence-electron chi connectivity index (χ2n) is 4.08. The van der Waals surface area contributed by atoms with Gasteiger partial charge in [0, 0.05) is 20.5 Å². The van der Waals surface area contributed by atoms with Gasteiger partial charge < -0.3 is 9.47 Å². The van der Waals surface area contributed by atoms with E-state index in [2.05, 4.69) is 0 Å². The Morgan fingerprint density at radius 1 is 0.722 bits per heavy atom. The van der Waals surface area contributed by atoms with Crippen LogP contribution in [0, 0.1) is 0 Å². The fourth-order valence-corrected chi connectivity index (χ4v) is 2.09. The van der Waals surface area contributed by atoms with Gasteiger partial charge in [0.1, 0.15) is 11.5 Å². The molecule has 0 aliphatic heterocycles. The van der Waals surface area contributed by atoms with E-state index in [-0.39, 0.29) is 0 Å². The number of ether oxygens (including phenoxy) is 2. The standard InChI is InChI=1S/C13H14O3Si2/c14-13(15-9-1-5-11(17)6-2-9)16-10-3-7-12(18)8-4-10/h1-8H,17-18H3. The number of carbonyl (C=O) groups is 1. The molecule has 0 fully saturated rings. The SMILES string of the molecule is O=C(Oc1ccc([SiH3])cc1)Oc1ccc([SiH3])cc1. The van der Waals surface area contributed by atoms with Crippen LogP contribution < -0.4 is 19.8 Å². The first-order valence-electron chi connectivity index (χ1n) is 5.66. The van der Waals surface area contributed by atoms with Crippen LogP contribution in [0.2, 0.25) is 0 Å². The lowest BCUT2D eigenvalue weighted by atomic mass is 10.3. The third kappa shape index (κ3) is 3.57. The Kier molecular flexibility index (Phi) is 3.96. The third-order valence-corrected chi connectivity index (χ3v) is 3.78. The molecule has 2 aromatic carbocycles. The van der Waals surface area contributed by atoms with Gasteiger partial charge in [-0.3, -0.25) is 0 Å². The number of hydrogen-bond acceptors (Lipinski definition) is 3. The minimum absolute atomic E-state index is 0.499. The minimum atomic E-state index is -0.711. The third-order valence-electron chi connectivity index (χ3n) is 2.44. The molecule has 0 saturated carbocycles. The molecule has 0 aliphatic rings. The first kappa shape index (κ1) is 12.6. The summed E-state index contributed by atoms with van der Waals surface area (Å²) in [5.74, 6) is 0.998. The maximum Gasteiger partial charge on any atom is 0.519 e. The van der Waals surface area contributed by atoms with Gasteiger partial charge in [0.15, 0.2) is 0 Å². The van der Waals surface area contributed by atoms with E-state index in [9.17, 15) is 4.79 Å². The van der Waals surface area contributed by atoms with Crippen LogP contribution in [-0.4, -0.2) is 26.6 Å². The van der Waals surface area contributed by atoms with Gasteiger partial charge in [-0.15, -0.1) is 0 Å². The molecule has 2 aromatic rings. The Morgan fingerprint density at radius 3 is 1.39 bits per heavy atom. The normalized spacial score (nSPS) is 10.2. The molecular formula is C13H14O3Si2. The van der Waals surface area contributed by atoms with Crippen LogP contribution in [0.4, 0.5) is 4.79 Å². The Balaban J connectivity index is 1.96. The lowest BCUT2D eigenvalue weighted by Crippen LogP contribution is -2.14. The van der Waals surface area contributed by atoms with Crippen LogP contribution in [0.1, 0.15) is 0 Å². The molecule has 5 heteroatoms. The summed E-state index contributed by atoms with van der Waals surface area (Å²) in [6, 6.07) is 14.8. The van der Waals surface area contributed by atoms with Crippen molar-refractivity contribution in [2.45, 2.75) is 0 Å². The van der Waals surface area contributed by atoms with Gasteiger partial charge >= 0.3 is 6.16 Å². The summed E-state index contributed by atoms with van der Waals surface area (Å²) < 4.78 is 10.1.